The van der Waals surface area contributed by atoms with E-state index in [0.717, 1.165) is 17.7 Å². The molecule has 4 rings (SSSR count). The summed E-state index contributed by atoms with van der Waals surface area (Å²) in [6, 6.07) is 23.3. The van der Waals surface area contributed by atoms with Gasteiger partial charge in [0.05, 0.1) is 0 Å². The molecule has 3 aromatic rings. The van der Waals surface area contributed by atoms with Gasteiger partial charge < -0.3 is 10.1 Å². The van der Waals surface area contributed by atoms with Gasteiger partial charge in [-0.2, -0.15) is 0 Å². The largest absolute Gasteiger partial charge is 0.489 e. The lowest BCUT2D eigenvalue weighted by molar-refractivity contribution is 0.0950. The molecule has 0 bridgehead atoms. The molecule has 1 amide bonds. The second-order valence-corrected chi connectivity index (χ2v) is 8.30. The van der Waals surface area contributed by atoms with E-state index >= 15 is 0 Å². The van der Waals surface area contributed by atoms with E-state index in [9.17, 15) is 4.79 Å². The Morgan fingerprint density at radius 2 is 1.71 bits per heavy atom. The maximum Gasteiger partial charge on any atom is 0.251 e. The lowest BCUT2D eigenvalue weighted by atomic mass is 10.1. The van der Waals surface area contributed by atoms with Crippen LogP contribution < -0.4 is 10.1 Å². The van der Waals surface area contributed by atoms with Crippen LogP contribution in [0.1, 0.15) is 39.9 Å². The third-order valence-electron chi connectivity index (χ3n) is 5.50. The van der Waals surface area contributed by atoms with Crippen molar-refractivity contribution in [3.05, 3.63) is 100 Å². The lowest BCUT2D eigenvalue weighted by Crippen LogP contribution is -2.23. The van der Waals surface area contributed by atoms with Crippen molar-refractivity contribution >= 4 is 17.5 Å². The van der Waals surface area contributed by atoms with Crippen LogP contribution in [0.2, 0.25) is 5.02 Å². The lowest BCUT2D eigenvalue weighted by Gasteiger charge is -2.15. The minimum atomic E-state index is -0.117. The molecule has 0 atom stereocenters. The standard InChI is InChI=1S/C26H27ClN2O2/c27-25-12-2-1-9-23(25)19-31-24-11-6-10-22(16-24)26(30)28-17-20-7-5-8-21(15-20)18-29-13-3-4-14-29/h1-2,5-12,15-16H,3-4,13-14,17-19H2,(H,28,30). The predicted molar refractivity (Wildman–Crippen MR) is 124 cm³/mol. The number of likely N-dealkylation sites (tertiary alicyclic amines) is 1. The zero-order valence-corrected chi connectivity index (χ0v) is 18.3. The Bertz CT molecular complexity index is 1030. The molecule has 31 heavy (non-hydrogen) atoms. The molecular formula is C26H27ClN2O2. The molecule has 1 aliphatic heterocycles. The Morgan fingerprint density at radius 1 is 0.935 bits per heavy atom. The summed E-state index contributed by atoms with van der Waals surface area (Å²) < 4.78 is 5.84. The van der Waals surface area contributed by atoms with Crippen molar-refractivity contribution in [2.75, 3.05) is 13.1 Å². The average molecular weight is 435 g/mol. The van der Waals surface area contributed by atoms with E-state index in [1.165, 1.54) is 31.5 Å². The van der Waals surface area contributed by atoms with Gasteiger partial charge in [-0.3, -0.25) is 9.69 Å². The molecule has 1 N–H and O–H groups in total. The van der Waals surface area contributed by atoms with Crippen molar-refractivity contribution in [3.8, 4) is 5.75 Å². The number of amides is 1. The van der Waals surface area contributed by atoms with Gasteiger partial charge in [0.25, 0.3) is 5.91 Å². The Hall–Kier alpha value is -2.82. The van der Waals surface area contributed by atoms with Crippen LogP contribution in [-0.2, 0) is 19.7 Å². The minimum Gasteiger partial charge on any atom is -0.489 e. The Labute approximate surface area is 188 Å². The normalized spacial score (nSPS) is 13.8. The first-order valence-electron chi connectivity index (χ1n) is 10.7. The van der Waals surface area contributed by atoms with E-state index in [4.69, 9.17) is 16.3 Å². The zero-order valence-electron chi connectivity index (χ0n) is 17.5. The molecule has 0 saturated carbocycles. The smallest absolute Gasteiger partial charge is 0.251 e. The summed E-state index contributed by atoms with van der Waals surface area (Å²) in [6.07, 6.45) is 2.58. The summed E-state index contributed by atoms with van der Waals surface area (Å²) >= 11 is 6.18. The molecular weight excluding hydrogens is 408 g/mol. The first kappa shape index (κ1) is 21.4. The number of nitrogens with one attached hydrogen (secondary N) is 1. The second-order valence-electron chi connectivity index (χ2n) is 7.89. The molecule has 3 aromatic carbocycles. The van der Waals surface area contributed by atoms with Crippen molar-refractivity contribution in [1.29, 1.82) is 0 Å². The quantitative estimate of drug-likeness (QED) is 0.513. The number of hydrogen-bond donors (Lipinski definition) is 1. The van der Waals surface area contributed by atoms with Gasteiger partial charge in [0, 0.05) is 29.2 Å². The molecule has 5 heteroatoms. The van der Waals surface area contributed by atoms with Crippen LogP contribution in [0.4, 0.5) is 0 Å². The highest BCUT2D eigenvalue weighted by molar-refractivity contribution is 6.31. The fraction of sp³-hybridized carbons (Fsp3) is 0.269. The van der Waals surface area contributed by atoms with Gasteiger partial charge in [-0.05, 0) is 61.3 Å². The number of nitrogens with zero attached hydrogens (tertiary/aromatic N) is 1. The van der Waals surface area contributed by atoms with Gasteiger partial charge >= 0.3 is 0 Å². The number of benzene rings is 3. The fourth-order valence-electron chi connectivity index (χ4n) is 3.82. The molecule has 1 saturated heterocycles. The number of rotatable bonds is 8. The van der Waals surface area contributed by atoms with E-state index in [2.05, 4.69) is 34.5 Å². The third-order valence-corrected chi connectivity index (χ3v) is 5.87. The highest BCUT2D eigenvalue weighted by Crippen LogP contribution is 2.20. The maximum atomic E-state index is 12.7. The van der Waals surface area contributed by atoms with Gasteiger partial charge in [-0.15, -0.1) is 0 Å². The number of ether oxygens (including phenoxy) is 1. The van der Waals surface area contributed by atoms with Crippen LogP contribution in [0.3, 0.4) is 0 Å². The van der Waals surface area contributed by atoms with Crippen LogP contribution >= 0.6 is 11.6 Å². The van der Waals surface area contributed by atoms with Crippen molar-refractivity contribution < 1.29 is 9.53 Å². The van der Waals surface area contributed by atoms with Gasteiger partial charge in [0.2, 0.25) is 0 Å². The summed E-state index contributed by atoms with van der Waals surface area (Å²) in [6.45, 7) is 4.18. The van der Waals surface area contributed by atoms with E-state index in [-0.39, 0.29) is 5.91 Å². The molecule has 1 heterocycles. The van der Waals surface area contributed by atoms with Gasteiger partial charge in [0.1, 0.15) is 12.4 Å². The molecule has 160 valence electrons. The average Bonchev–Trinajstić information content (AvgIpc) is 3.30. The summed E-state index contributed by atoms with van der Waals surface area (Å²) in [5.41, 5.74) is 3.89. The zero-order chi connectivity index (χ0) is 21.5. The first-order chi connectivity index (χ1) is 15.2. The van der Waals surface area contributed by atoms with Crippen LogP contribution in [0, 0.1) is 0 Å². The number of carbonyl (C=O) groups is 1. The second kappa shape index (κ2) is 10.5. The maximum absolute atomic E-state index is 12.7. The van der Waals surface area contributed by atoms with E-state index in [0.29, 0.717) is 29.5 Å². The molecule has 0 unspecified atom stereocenters. The Kier molecular flexibility index (Phi) is 7.23. The van der Waals surface area contributed by atoms with Gasteiger partial charge in [-0.1, -0.05) is 60.1 Å². The SMILES string of the molecule is O=C(NCc1cccc(CN2CCCC2)c1)c1cccc(OCc2ccccc2Cl)c1. The van der Waals surface area contributed by atoms with Crippen LogP contribution in [0.5, 0.6) is 5.75 Å². The monoisotopic (exact) mass is 434 g/mol. The summed E-state index contributed by atoms with van der Waals surface area (Å²) in [5, 5.41) is 3.69. The van der Waals surface area contributed by atoms with Crippen LogP contribution in [-0.4, -0.2) is 23.9 Å². The Morgan fingerprint density at radius 3 is 2.55 bits per heavy atom. The predicted octanol–water partition coefficient (Wildman–Crippen LogP) is 5.44. The van der Waals surface area contributed by atoms with Crippen molar-refractivity contribution in [1.82, 2.24) is 10.2 Å². The van der Waals surface area contributed by atoms with E-state index in [1.54, 1.807) is 12.1 Å². The molecule has 4 nitrogen and oxygen atoms in total. The number of hydrogen-bond acceptors (Lipinski definition) is 3. The molecule has 1 fully saturated rings. The van der Waals surface area contributed by atoms with Crippen molar-refractivity contribution in [2.45, 2.75) is 32.5 Å². The molecule has 0 aliphatic carbocycles. The number of carbonyl (C=O) groups excluding carboxylic acids is 1. The summed E-state index contributed by atoms with van der Waals surface area (Å²) in [4.78, 5) is 15.1. The van der Waals surface area contributed by atoms with Crippen LogP contribution in [0.25, 0.3) is 0 Å². The van der Waals surface area contributed by atoms with Gasteiger partial charge in [0.15, 0.2) is 0 Å². The summed E-state index contributed by atoms with van der Waals surface area (Å²) in [5.74, 6) is 0.522. The van der Waals surface area contributed by atoms with E-state index in [1.807, 2.05) is 36.4 Å². The minimum absolute atomic E-state index is 0.117. The third kappa shape index (κ3) is 6.09. The molecule has 0 aromatic heterocycles. The first-order valence-corrected chi connectivity index (χ1v) is 11.1. The molecule has 0 radical (unpaired) electrons. The van der Waals surface area contributed by atoms with Crippen LogP contribution in [0.15, 0.2) is 72.8 Å². The molecule has 0 spiro atoms. The molecule has 1 aliphatic rings. The number of halogens is 1. The highest BCUT2D eigenvalue weighted by atomic mass is 35.5. The van der Waals surface area contributed by atoms with Crippen molar-refractivity contribution in [2.24, 2.45) is 0 Å². The fourth-order valence-corrected chi connectivity index (χ4v) is 4.02. The Balaban J connectivity index is 1.32. The van der Waals surface area contributed by atoms with Gasteiger partial charge in [-0.25, -0.2) is 0 Å². The van der Waals surface area contributed by atoms with Crippen molar-refractivity contribution in [3.63, 3.8) is 0 Å². The topological polar surface area (TPSA) is 41.6 Å². The van der Waals surface area contributed by atoms with E-state index < -0.39 is 0 Å². The highest BCUT2D eigenvalue weighted by Gasteiger charge is 2.12. The summed E-state index contributed by atoms with van der Waals surface area (Å²) in [7, 11) is 0.